The molecule has 1 aromatic rings. The highest BCUT2D eigenvalue weighted by atomic mass is 16.1. The molecule has 1 atom stereocenters. The quantitative estimate of drug-likeness (QED) is 0.874. The maximum absolute atomic E-state index is 12.2. The van der Waals surface area contributed by atoms with E-state index < -0.39 is 0 Å². The fourth-order valence-electron chi connectivity index (χ4n) is 2.86. The number of carbonyl (C=O) groups is 1. The average molecular weight is 260 g/mol. The summed E-state index contributed by atoms with van der Waals surface area (Å²) < 4.78 is 0. The predicted octanol–water partition coefficient (Wildman–Crippen LogP) is 2.50. The number of hydrogen-bond acceptors (Lipinski definition) is 2. The maximum Gasteiger partial charge on any atom is 0.251 e. The monoisotopic (exact) mass is 260 g/mol. The maximum atomic E-state index is 12.2. The second-order valence-corrected chi connectivity index (χ2v) is 6.32. The Bertz CT molecular complexity index is 454. The van der Waals surface area contributed by atoms with Crippen molar-refractivity contribution in [3.05, 3.63) is 35.4 Å². The van der Waals surface area contributed by atoms with E-state index in [1.807, 2.05) is 24.3 Å². The first kappa shape index (κ1) is 14.1. The normalized spacial score (nSPS) is 21.3. The van der Waals surface area contributed by atoms with E-state index in [2.05, 4.69) is 19.2 Å². The molecule has 1 fully saturated rings. The Morgan fingerprint density at radius 1 is 1.47 bits per heavy atom. The number of nitrogens with two attached hydrogens (primary N) is 1. The smallest absolute Gasteiger partial charge is 0.251 e. The van der Waals surface area contributed by atoms with Gasteiger partial charge in [0, 0.05) is 11.6 Å². The second-order valence-electron chi connectivity index (χ2n) is 6.32. The Labute approximate surface area is 115 Å². The lowest BCUT2D eigenvalue weighted by atomic mass is 9.92. The molecule has 1 unspecified atom stereocenters. The number of nitrogens with one attached hydrogen (secondary N) is 1. The van der Waals surface area contributed by atoms with Crippen molar-refractivity contribution >= 4 is 5.91 Å². The summed E-state index contributed by atoms with van der Waals surface area (Å²) >= 11 is 0. The van der Waals surface area contributed by atoms with E-state index in [1.54, 1.807) is 0 Å². The van der Waals surface area contributed by atoms with Gasteiger partial charge in [0.05, 0.1) is 0 Å². The minimum absolute atomic E-state index is 0.0431. The second kappa shape index (κ2) is 5.74. The molecule has 1 amide bonds. The fraction of sp³-hybridized carbons (Fsp3) is 0.562. The van der Waals surface area contributed by atoms with Crippen LogP contribution in [0.3, 0.4) is 0 Å². The summed E-state index contributed by atoms with van der Waals surface area (Å²) in [4.78, 5) is 12.2. The van der Waals surface area contributed by atoms with Crippen molar-refractivity contribution in [2.45, 2.75) is 45.6 Å². The molecular weight excluding hydrogens is 236 g/mol. The van der Waals surface area contributed by atoms with E-state index in [1.165, 1.54) is 6.42 Å². The van der Waals surface area contributed by atoms with E-state index in [0.29, 0.717) is 18.0 Å². The van der Waals surface area contributed by atoms with Crippen LogP contribution in [0, 0.1) is 5.41 Å². The van der Waals surface area contributed by atoms with Crippen LogP contribution >= 0.6 is 0 Å². The van der Waals surface area contributed by atoms with Crippen molar-refractivity contribution in [3.8, 4) is 0 Å². The SMILES string of the molecule is CC1(C)CCC(NC(=O)c2cccc(CCN)c2)C1. The minimum Gasteiger partial charge on any atom is -0.349 e. The Morgan fingerprint density at radius 2 is 2.26 bits per heavy atom. The number of amides is 1. The van der Waals surface area contributed by atoms with Crippen LogP contribution in [0.25, 0.3) is 0 Å². The van der Waals surface area contributed by atoms with E-state index >= 15 is 0 Å². The Balaban J connectivity index is 1.98. The van der Waals surface area contributed by atoms with Crippen LogP contribution in [-0.4, -0.2) is 18.5 Å². The first-order valence-electron chi connectivity index (χ1n) is 7.10. The number of hydrogen-bond donors (Lipinski definition) is 2. The summed E-state index contributed by atoms with van der Waals surface area (Å²) in [5, 5.41) is 3.15. The van der Waals surface area contributed by atoms with Crippen LogP contribution in [0.15, 0.2) is 24.3 Å². The van der Waals surface area contributed by atoms with Gasteiger partial charge >= 0.3 is 0 Å². The van der Waals surface area contributed by atoms with Crippen LogP contribution in [0.5, 0.6) is 0 Å². The third kappa shape index (κ3) is 3.80. The molecule has 104 valence electrons. The van der Waals surface area contributed by atoms with Crippen molar-refractivity contribution in [2.24, 2.45) is 11.1 Å². The largest absolute Gasteiger partial charge is 0.349 e. The Hall–Kier alpha value is -1.35. The standard InChI is InChI=1S/C16H24N2O/c1-16(2)8-6-14(11-16)18-15(19)13-5-3-4-12(10-13)7-9-17/h3-5,10,14H,6-9,11,17H2,1-2H3,(H,18,19). The average Bonchev–Trinajstić information content (AvgIpc) is 2.69. The van der Waals surface area contributed by atoms with Gasteiger partial charge in [-0.2, -0.15) is 0 Å². The molecule has 0 aliphatic heterocycles. The molecular formula is C16H24N2O. The van der Waals surface area contributed by atoms with Crippen molar-refractivity contribution in [1.82, 2.24) is 5.32 Å². The third-order valence-electron chi connectivity index (χ3n) is 3.93. The molecule has 0 spiro atoms. The fourth-order valence-corrected chi connectivity index (χ4v) is 2.86. The highest BCUT2D eigenvalue weighted by molar-refractivity contribution is 5.94. The molecule has 0 bridgehead atoms. The zero-order valence-corrected chi connectivity index (χ0v) is 11.9. The highest BCUT2D eigenvalue weighted by Crippen LogP contribution is 2.36. The molecule has 2 rings (SSSR count). The molecule has 1 aliphatic rings. The summed E-state index contributed by atoms with van der Waals surface area (Å²) in [6.07, 6.45) is 4.16. The zero-order chi connectivity index (χ0) is 13.9. The molecule has 0 radical (unpaired) electrons. The molecule has 0 aromatic heterocycles. The van der Waals surface area contributed by atoms with E-state index in [4.69, 9.17) is 5.73 Å². The Morgan fingerprint density at radius 3 is 2.89 bits per heavy atom. The van der Waals surface area contributed by atoms with Crippen molar-refractivity contribution < 1.29 is 4.79 Å². The summed E-state index contributed by atoms with van der Waals surface area (Å²) in [6.45, 7) is 5.14. The van der Waals surface area contributed by atoms with Crippen molar-refractivity contribution in [2.75, 3.05) is 6.54 Å². The summed E-state index contributed by atoms with van der Waals surface area (Å²) in [6, 6.07) is 8.08. The number of benzene rings is 1. The predicted molar refractivity (Wildman–Crippen MR) is 78.1 cm³/mol. The van der Waals surface area contributed by atoms with Gasteiger partial charge in [-0.1, -0.05) is 26.0 Å². The molecule has 0 heterocycles. The van der Waals surface area contributed by atoms with Gasteiger partial charge < -0.3 is 11.1 Å². The number of rotatable bonds is 4. The topological polar surface area (TPSA) is 55.1 Å². The van der Waals surface area contributed by atoms with Gasteiger partial charge in [0.1, 0.15) is 0 Å². The molecule has 1 saturated carbocycles. The minimum atomic E-state index is 0.0431. The molecule has 3 N–H and O–H groups in total. The van der Waals surface area contributed by atoms with Gasteiger partial charge in [-0.25, -0.2) is 0 Å². The van der Waals surface area contributed by atoms with E-state index in [9.17, 15) is 4.79 Å². The molecule has 0 saturated heterocycles. The van der Waals surface area contributed by atoms with Crippen molar-refractivity contribution in [3.63, 3.8) is 0 Å². The van der Waals surface area contributed by atoms with Gasteiger partial charge in [0.25, 0.3) is 5.91 Å². The first-order valence-corrected chi connectivity index (χ1v) is 7.10. The van der Waals surface area contributed by atoms with Crippen LogP contribution in [0.4, 0.5) is 0 Å². The Kier molecular flexibility index (Phi) is 4.25. The summed E-state index contributed by atoms with van der Waals surface area (Å²) in [7, 11) is 0. The van der Waals surface area contributed by atoms with E-state index in [0.717, 1.165) is 30.4 Å². The van der Waals surface area contributed by atoms with Crippen LogP contribution in [0.2, 0.25) is 0 Å². The van der Waals surface area contributed by atoms with Gasteiger partial charge in [0.15, 0.2) is 0 Å². The van der Waals surface area contributed by atoms with Crippen LogP contribution < -0.4 is 11.1 Å². The van der Waals surface area contributed by atoms with Gasteiger partial charge in [0.2, 0.25) is 0 Å². The zero-order valence-electron chi connectivity index (χ0n) is 11.9. The number of carbonyl (C=O) groups excluding carboxylic acids is 1. The molecule has 3 heteroatoms. The highest BCUT2D eigenvalue weighted by Gasteiger charge is 2.31. The van der Waals surface area contributed by atoms with Crippen molar-refractivity contribution in [1.29, 1.82) is 0 Å². The molecule has 19 heavy (non-hydrogen) atoms. The lowest BCUT2D eigenvalue weighted by molar-refractivity contribution is 0.0936. The molecule has 1 aromatic carbocycles. The molecule has 3 nitrogen and oxygen atoms in total. The first-order chi connectivity index (χ1) is 9.00. The van der Waals surface area contributed by atoms with Gasteiger partial charge in [-0.3, -0.25) is 4.79 Å². The van der Waals surface area contributed by atoms with E-state index in [-0.39, 0.29) is 5.91 Å². The van der Waals surface area contributed by atoms with Gasteiger partial charge in [-0.05, 0) is 55.3 Å². The third-order valence-corrected chi connectivity index (χ3v) is 3.93. The van der Waals surface area contributed by atoms with Crippen LogP contribution in [-0.2, 0) is 6.42 Å². The summed E-state index contributed by atoms with van der Waals surface area (Å²) in [5.41, 5.74) is 7.78. The van der Waals surface area contributed by atoms with Crippen LogP contribution in [0.1, 0.15) is 49.0 Å². The van der Waals surface area contributed by atoms with Gasteiger partial charge in [-0.15, -0.1) is 0 Å². The lowest BCUT2D eigenvalue weighted by Crippen LogP contribution is -2.33. The molecule has 1 aliphatic carbocycles. The lowest BCUT2D eigenvalue weighted by Gasteiger charge is -2.18. The summed E-state index contributed by atoms with van der Waals surface area (Å²) in [5.74, 6) is 0.0431.